The maximum absolute atomic E-state index is 13.4. The molecule has 9 N–H and O–H groups in total. The number of alkyl carbamates (subject to hydrolysis) is 3. The van der Waals surface area contributed by atoms with E-state index in [1.807, 2.05) is 25.7 Å². The molecule has 20 nitrogen and oxygen atoms in total. The second kappa shape index (κ2) is 27.8. The number of nitrogens with zero attached hydrogens (tertiary/aromatic N) is 1. The van der Waals surface area contributed by atoms with Crippen LogP contribution in [0.4, 0.5) is 14.4 Å². The Balaban J connectivity index is 5.51. The first kappa shape index (κ1) is 56.0. The molecule has 0 aliphatic heterocycles. The molecule has 0 aliphatic carbocycles. The molecule has 3 unspecified atom stereocenters. The predicted octanol–water partition coefficient (Wildman–Crippen LogP) is 2.53. The van der Waals surface area contributed by atoms with E-state index in [0.717, 1.165) is 0 Å². The van der Waals surface area contributed by atoms with Crippen molar-refractivity contribution < 1.29 is 57.9 Å². The van der Waals surface area contributed by atoms with E-state index in [1.54, 1.807) is 62.3 Å². The fourth-order valence-corrected chi connectivity index (χ4v) is 5.18. The number of ether oxygens (including phenoxy) is 4. The lowest BCUT2D eigenvalue weighted by Crippen LogP contribution is -2.51. The number of aliphatic hydroxyl groups is 1. The van der Waals surface area contributed by atoms with E-state index >= 15 is 0 Å². The Morgan fingerprint density at radius 3 is 1.37 bits per heavy atom. The summed E-state index contributed by atoms with van der Waals surface area (Å²) in [6.07, 6.45) is -0.538. The Bertz CT molecular complexity index is 1310. The number of carboxylic acids is 1. The molecule has 0 rings (SSSR count). The third-order valence-corrected chi connectivity index (χ3v) is 7.64. The minimum Gasteiger partial charge on any atom is -0.480 e. The van der Waals surface area contributed by atoms with Crippen molar-refractivity contribution in [1.29, 1.82) is 0 Å². The van der Waals surface area contributed by atoms with E-state index < -0.39 is 77.0 Å². The molecule has 0 aromatic carbocycles. The van der Waals surface area contributed by atoms with Crippen molar-refractivity contribution in [3.05, 3.63) is 0 Å². The lowest BCUT2D eigenvalue weighted by Gasteiger charge is -2.26. The monoisotopic (exact) mass is 863 g/mol. The first-order valence-corrected chi connectivity index (χ1v) is 20.8. The lowest BCUT2D eigenvalue weighted by atomic mass is 10.1. The third-order valence-electron chi connectivity index (χ3n) is 7.64. The Labute approximate surface area is 357 Å². The molecule has 0 saturated carbocycles. The van der Waals surface area contributed by atoms with Gasteiger partial charge in [0.2, 0.25) is 18.2 Å². The normalized spacial score (nSPS) is 13.7. The van der Waals surface area contributed by atoms with Crippen LogP contribution in [0.25, 0.3) is 0 Å². The van der Waals surface area contributed by atoms with Crippen molar-refractivity contribution in [1.82, 2.24) is 42.1 Å². The largest absolute Gasteiger partial charge is 0.480 e. The number of unbranched alkanes of at least 4 members (excludes halogenated alkanes) is 2. The maximum Gasteiger partial charge on any atom is 0.408 e. The molecule has 60 heavy (non-hydrogen) atoms. The molecule has 350 valence electrons. The second-order valence-corrected chi connectivity index (χ2v) is 18.3. The highest BCUT2D eigenvalue weighted by Gasteiger charge is 2.26. The van der Waals surface area contributed by atoms with Crippen LogP contribution in [0.1, 0.15) is 122 Å². The van der Waals surface area contributed by atoms with Crippen LogP contribution in [0.15, 0.2) is 0 Å². The molecule has 0 aromatic rings. The second-order valence-electron chi connectivity index (χ2n) is 18.3. The number of nitrogens with one attached hydrogen (secondary N) is 7. The molecule has 0 bridgehead atoms. The minimum atomic E-state index is -1.15. The van der Waals surface area contributed by atoms with Gasteiger partial charge in [0, 0.05) is 45.8 Å². The zero-order valence-corrected chi connectivity index (χ0v) is 38.3. The van der Waals surface area contributed by atoms with Gasteiger partial charge in [-0.05, 0) is 128 Å². The summed E-state index contributed by atoms with van der Waals surface area (Å²) in [6.45, 7) is 23.1. The van der Waals surface area contributed by atoms with Gasteiger partial charge in [0.15, 0.2) is 0 Å². The number of aliphatic carboxylic acids is 1. The van der Waals surface area contributed by atoms with Crippen molar-refractivity contribution in [2.24, 2.45) is 0 Å². The van der Waals surface area contributed by atoms with Gasteiger partial charge in [0.1, 0.15) is 28.9 Å². The number of carboxylic acid groups (broad SMARTS) is 1. The SMILES string of the molecule is CC(C)(C)OC(=O)NCCCCC(NC(=O)OC(C)(C)C)C(=O)NCCN(CCNCC(=O)O)CCNC(=O)C(CCCCNC(O)OC(C)(C)C)NC(=O)OC(C)(C)C. The molecule has 0 aliphatic rings. The highest BCUT2D eigenvalue weighted by Crippen LogP contribution is 2.12. The Hall–Kier alpha value is -3.98. The van der Waals surface area contributed by atoms with E-state index in [0.29, 0.717) is 65.0 Å². The highest BCUT2D eigenvalue weighted by atomic mass is 16.6. The van der Waals surface area contributed by atoms with Crippen molar-refractivity contribution in [2.45, 2.75) is 163 Å². The molecular weight excluding hydrogens is 784 g/mol. The van der Waals surface area contributed by atoms with Gasteiger partial charge >= 0.3 is 24.2 Å². The maximum atomic E-state index is 13.4. The van der Waals surface area contributed by atoms with Crippen LogP contribution in [0, 0.1) is 0 Å². The highest BCUT2D eigenvalue weighted by molar-refractivity contribution is 5.86. The van der Waals surface area contributed by atoms with Crippen LogP contribution < -0.4 is 37.2 Å². The number of rotatable bonds is 27. The van der Waals surface area contributed by atoms with Crippen LogP contribution in [-0.2, 0) is 33.3 Å². The summed E-state index contributed by atoms with van der Waals surface area (Å²) in [5, 5.41) is 38.5. The van der Waals surface area contributed by atoms with Gasteiger partial charge in [-0.15, -0.1) is 0 Å². The van der Waals surface area contributed by atoms with Gasteiger partial charge in [-0.25, -0.2) is 14.4 Å². The molecule has 0 fully saturated rings. The van der Waals surface area contributed by atoms with Crippen molar-refractivity contribution in [3.8, 4) is 0 Å². The first-order chi connectivity index (χ1) is 27.5. The number of carbonyl (C=O) groups is 6. The third kappa shape index (κ3) is 33.8. The summed E-state index contributed by atoms with van der Waals surface area (Å²) < 4.78 is 21.4. The fraction of sp³-hybridized carbons (Fsp3) is 0.850. The minimum absolute atomic E-state index is 0.157. The average molecular weight is 863 g/mol. The predicted molar refractivity (Wildman–Crippen MR) is 226 cm³/mol. The van der Waals surface area contributed by atoms with Gasteiger partial charge in [-0.1, -0.05) is 0 Å². The van der Waals surface area contributed by atoms with Gasteiger partial charge in [0.25, 0.3) is 0 Å². The molecule has 0 heterocycles. The zero-order chi connectivity index (χ0) is 46.2. The smallest absolute Gasteiger partial charge is 0.408 e. The van der Waals surface area contributed by atoms with Crippen LogP contribution in [0.3, 0.4) is 0 Å². The summed E-state index contributed by atoms with van der Waals surface area (Å²) in [6, 6.07) is -1.85. The summed E-state index contributed by atoms with van der Waals surface area (Å²) >= 11 is 0. The molecule has 0 spiro atoms. The molecule has 0 saturated heterocycles. The fourth-order valence-electron chi connectivity index (χ4n) is 5.18. The van der Waals surface area contributed by atoms with Crippen molar-refractivity contribution in [3.63, 3.8) is 0 Å². The zero-order valence-electron chi connectivity index (χ0n) is 38.3. The van der Waals surface area contributed by atoms with Gasteiger partial charge in [0.05, 0.1) is 12.1 Å². The number of hydrogen-bond donors (Lipinski definition) is 9. The van der Waals surface area contributed by atoms with E-state index in [9.17, 15) is 33.9 Å². The van der Waals surface area contributed by atoms with Crippen LogP contribution in [0.2, 0.25) is 0 Å². The van der Waals surface area contributed by atoms with Crippen LogP contribution in [-0.4, -0.2) is 151 Å². The molecule has 0 radical (unpaired) electrons. The summed E-state index contributed by atoms with van der Waals surface area (Å²) in [4.78, 5) is 77.0. The molecular formula is C40H78N8O12. The number of carbonyl (C=O) groups excluding carboxylic acids is 5. The van der Waals surface area contributed by atoms with E-state index in [1.165, 1.54) is 0 Å². The van der Waals surface area contributed by atoms with Gasteiger partial charge in [-0.3, -0.25) is 24.6 Å². The van der Waals surface area contributed by atoms with E-state index in [4.69, 9.17) is 24.1 Å². The quantitative estimate of drug-likeness (QED) is 0.0326. The Morgan fingerprint density at radius 1 is 0.533 bits per heavy atom. The van der Waals surface area contributed by atoms with Gasteiger partial charge < -0.3 is 61.1 Å². The van der Waals surface area contributed by atoms with Crippen molar-refractivity contribution in [2.75, 3.05) is 58.9 Å². The molecule has 20 heteroatoms. The summed E-state index contributed by atoms with van der Waals surface area (Å²) in [5.74, 6) is -1.89. The average Bonchev–Trinajstić information content (AvgIpc) is 3.05. The number of hydrogen-bond acceptors (Lipinski definition) is 14. The summed E-state index contributed by atoms with van der Waals surface area (Å²) in [7, 11) is 0. The summed E-state index contributed by atoms with van der Waals surface area (Å²) in [5.41, 5.74) is -2.75. The topological polar surface area (TPSA) is 267 Å². The van der Waals surface area contributed by atoms with E-state index in [-0.39, 0.29) is 32.5 Å². The molecule has 0 aromatic heterocycles. The molecule has 3 atom stereocenters. The Morgan fingerprint density at radius 2 is 0.950 bits per heavy atom. The van der Waals surface area contributed by atoms with Crippen LogP contribution >= 0.6 is 0 Å². The molecule has 5 amide bonds. The van der Waals surface area contributed by atoms with Crippen molar-refractivity contribution >= 4 is 36.1 Å². The number of aliphatic hydroxyl groups excluding tert-OH is 1. The van der Waals surface area contributed by atoms with E-state index in [2.05, 4.69) is 37.2 Å². The number of amides is 5. The van der Waals surface area contributed by atoms with Gasteiger partial charge in [-0.2, -0.15) is 0 Å². The first-order valence-electron chi connectivity index (χ1n) is 20.8. The Kier molecular flexibility index (Phi) is 25.9. The van der Waals surface area contributed by atoms with Crippen LogP contribution in [0.5, 0.6) is 0 Å². The standard InChI is InChI=1S/C40H78N8O12/c1-37(2,3)57-33(53)44-19-15-13-17-28(46-35(55)59-39(7,8)9)31(51)42-22-25-48(24-21-41-27-30(49)50)26-23-43-32(52)29(47-36(56)60-40(10,11)12)18-14-16-20-45-34(54)58-38(4,5)6/h28-29,33,41,44,53H,13-27H2,1-12H3,(H,42,51)(H,43,52)(H,45,54)(H,46,55)(H,47,56)(H,49,50). The lowest BCUT2D eigenvalue weighted by molar-refractivity contribution is -0.181.